The first-order valence-corrected chi connectivity index (χ1v) is 14.4. The Bertz CT molecular complexity index is 1780. The van der Waals surface area contributed by atoms with E-state index in [1.807, 2.05) is 5.32 Å². The van der Waals surface area contributed by atoms with E-state index in [2.05, 4.69) is 10.6 Å². The molecule has 3 amide bonds. The molecule has 1 atom stereocenters. The van der Waals surface area contributed by atoms with Crippen LogP contribution in [0.4, 0.5) is 28.9 Å². The van der Waals surface area contributed by atoms with Crippen molar-refractivity contribution in [1.29, 1.82) is 0 Å². The highest BCUT2D eigenvalue weighted by atomic mass is 32.2. The van der Waals surface area contributed by atoms with Crippen LogP contribution in [0.25, 0.3) is 6.08 Å². The second kappa shape index (κ2) is 15.1. The zero-order chi connectivity index (χ0) is 33.4. The van der Waals surface area contributed by atoms with E-state index in [1.165, 1.54) is 33.3 Å². The molecule has 4 rings (SSSR count). The Morgan fingerprint density at radius 3 is 2.15 bits per heavy atom. The monoisotopic (exact) mass is 653 g/mol. The summed E-state index contributed by atoms with van der Waals surface area (Å²) < 4.78 is 65.9. The third-order valence-corrected chi connectivity index (χ3v) is 7.49. The lowest BCUT2D eigenvalue weighted by Crippen LogP contribution is -2.30. The first kappa shape index (κ1) is 33.6. The predicted molar refractivity (Wildman–Crippen MR) is 167 cm³/mol. The van der Waals surface area contributed by atoms with Crippen molar-refractivity contribution >= 4 is 46.9 Å². The van der Waals surface area contributed by atoms with Crippen LogP contribution in [0.5, 0.6) is 11.5 Å². The van der Waals surface area contributed by atoms with Gasteiger partial charge in [-0.15, -0.1) is 11.8 Å². The average Bonchev–Trinajstić information content (AvgIpc) is 3.05. The van der Waals surface area contributed by atoms with Gasteiger partial charge in [0.2, 0.25) is 5.91 Å². The van der Waals surface area contributed by atoms with Crippen LogP contribution in [0.2, 0.25) is 0 Å². The second-order valence-corrected chi connectivity index (χ2v) is 11.0. The molecule has 4 aromatic carbocycles. The van der Waals surface area contributed by atoms with Crippen LogP contribution in [-0.4, -0.2) is 37.2 Å². The molecule has 0 heterocycles. The molecule has 0 saturated carbocycles. The number of rotatable bonds is 11. The molecule has 46 heavy (non-hydrogen) atoms. The summed E-state index contributed by atoms with van der Waals surface area (Å²) in [7, 11) is 2.93. The van der Waals surface area contributed by atoms with Crippen molar-refractivity contribution in [3.8, 4) is 11.5 Å². The summed E-state index contributed by atoms with van der Waals surface area (Å²) in [5.74, 6) is -8.05. The van der Waals surface area contributed by atoms with Crippen LogP contribution in [0.15, 0.2) is 89.5 Å². The second-order valence-electron chi connectivity index (χ2n) is 9.56. The minimum atomic E-state index is -1.73. The molecular formula is C33H27F4N3O5S. The molecule has 13 heteroatoms. The number of thioether (sulfide) groups is 1. The highest BCUT2D eigenvalue weighted by Gasteiger charge is 2.24. The Morgan fingerprint density at radius 1 is 0.804 bits per heavy atom. The van der Waals surface area contributed by atoms with Crippen LogP contribution in [-0.2, 0) is 9.59 Å². The number of benzene rings is 4. The minimum Gasteiger partial charge on any atom is -0.497 e. The fourth-order valence-corrected chi connectivity index (χ4v) is 4.99. The SMILES string of the molecule is COc1ccc(OC)c(/C=C(/NC(=O)c2ccccc2)C(=O)Nc2cccc(SC(C)C(=O)Nc3c(F)c(F)cc(F)c3F)c2)c1. The molecule has 0 spiro atoms. The van der Waals surface area contributed by atoms with Crippen LogP contribution >= 0.6 is 11.8 Å². The molecule has 8 nitrogen and oxygen atoms in total. The first-order valence-electron chi connectivity index (χ1n) is 13.5. The van der Waals surface area contributed by atoms with Gasteiger partial charge in [-0.05, 0) is 61.5 Å². The molecule has 0 bridgehead atoms. The Kier molecular flexibility index (Phi) is 11.0. The van der Waals surface area contributed by atoms with Gasteiger partial charge in [-0.3, -0.25) is 14.4 Å². The molecule has 4 aromatic rings. The molecule has 0 aromatic heterocycles. The molecule has 3 N–H and O–H groups in total. The van der Waals surface area contributed by atoms with Crippen molar-refractivity contribution in [1.82, 2.24) is 5.32 Å². The highest BCUT2D eigenvalue weighted by Crippen LogP contribution is 2.30. The van der Waals surface area contributed by atoms with Gasteiger partial charge in [0.1, 0.15) is 22.9 Å². The summed E-state index contributed by atoms with van der Waals surface area (Å²) in [6.07, 6.45) is 1.43. The predicted octanol–water partition coefficient (Wildman–Crippen LogP) is 6.79. The number of carbonyl (C=O) groups is 3. The largest absolute Gasteiger partial charge is 0.497 e. The summed E-state index contributed by atoms with van der Waals surface area (Å²) in [6.45, 7) is 1.41. The molecule has 0 saturated heterocycles. The third-order valence-electron chi connectivity index (χ3n) is 6.40. The summed E-state index contributed by atoms with van der Waals surface area (Å²) in [5, 5.41) is 6.24. The van der Waals surface area contributed by atoms with Crippen molar-refractivity contribution in [2.45, 2.75) is 17.1 Å². The van der Waals surface area contributed by atoms with E-state index in [4.69, 9.17) is 9.47 Å². The van der Waals surface area contributed by atoms with E-state index in [-0.39, 0.29) is 17.5 Å². The van der Waals surface area contributed by atoms with E-state index >= 15 is 0 Å². The normalized spacial score (nSPS) is 11.8. The number of hydrogen-bond acceptors (Lipinski definition) is 6. The maximum atomic E-state index is 14.0. The lowest BCUT2D eigenvalue weighted by atomic mass is 10.1. The molecule has 0 aliphatic rings. The van der Waals surface area contributed by atoms with Gasteiger partial charge < -0.3 is 25.4 Å². The fraction of sp³-hybridized carbons (Fsp3) is 0.121. The highest BCUT2D eigenvalue weighted by molar-refractivity contribution is 8.00. The lowest BCUT2D eigenvalue weighted by Gasteiger charge is -2.15. The number of ether oxygens (including phenoxy) is 2. The number of amides is 3. The number of methoxy groups -OCH3 is 2. The van der Waals surface area contributed by atoms with Gasteiger partial charge in [-0.1, -0.05) is 24.3 Å². The lowest BCUT2D eigenvalue weighted by molar-refractivity contribution is -0.115. The van der Waals surface area contributed by atoms with E-state index in [9.17, 15) is 31.9 Å². The molecule has 1 unspecified atom stereocenters. The molecular weight excluding hydrogens is 626 g/mol. The Balaban J connectivity index is 1.55. The maximum absolute atomic E-state index is 14.0. The zero-order valence-corrected chi connectivity index (χ0v) is 25.4. The van der Waals surface area contributed by atoms with Gasteiger partial charge in [-0.25, -0.2) is 17.6 Å². The Labute approximate surface area is 265 Å². The quantitative estimate of drug-likeness (QED) is 0.0713. The van der Waals surface area contributed by atoms with E-state index in [0.717, 1.165) is 11.8 Å². The number of anilines is 2. The van der Waals surface area contributed by atoms with Gasteiger partial charge in [-0.2, -0.15) is 0 Å². The van der Waals surface area contributed by atoms with Crippen LogP contribution < -0.4 is 25.4 Å². The van der Waals surface area contributed by atoms with Crippen LogP contribution in [0.1, 0.15) is 22.8 Å². The zero-order valence-electron chi connectivity index (χ0n) is 24.6. The molecule has 0 fully saturated rings. The van der Waals surface area contributed by atoms with Crippen molar-refractivity contribution in [2.75, 3.05) is 24.9 Å². The van der Waals surface area contributed by atoms with Gasteiger partial charge in [0.05, 0.1) is 19.5 Å². The number of hydrogen-bond donors (Lipinski definition) is 3. The van der Waals surface area contributed by atoms with Crippen molar-refractivity contribution in [3.63, 3.8) is 0 Å². The number of carbonyl (C=O) groups excluding carboxylic acids is 3. The van der Waals surface area contributed by atoms with E-state index < -0.39 is 51.9 Å². The maximum Gasteiger partial charge on any atom is 0.272 e. The fourth-order valence-electron chi connectivity index (χ4n) is 4.06. The van der Waals surface area contributed by atoms with Gasteiger partial charge >= 0.3 is 0 Å². The summed E-state index contributed by atoms with van der Waals surface area (Å²) in [6, 6.07) is 19.5. The Morgan fingerprint density at radius 2 is 1.50 bits per heavy atom. The van der Waals surface area contributed by atoms with Crippen molar-refractivity contribution < 1.29 is 41.4 Å². The standard InChI is InChI=1S/C33H27F4N3O5S/c1-18(31(41)40-30-28(36)24(34)17-25(35)29(30)37)46-23-11-7-10-21(16-23)38-33(43)26(39-32(42)19-8-5-4-6-9-19)15-20-14-22(44-2)12-13-27(20)45-3/h4-18H,1-3H3,(H,38,43)(H,39,42)(H,40,41)/b26-15+. The summed E-state index contributed by atoms with van der Waals surface area (Å²) in [5.41, 5.74) is -0.330. The van der Waals surface area contributed by atoms with Gasteiger partial charge in [0.25, 0.3) is 11.8 Å². The molecule has 0 aliphatic heterocycles. The van der Waals surface area contributed by atoms with Crippen molar-refractivity contribution in [3.05, 3.63) is 119 Å². The van der Waals surface area contributed by atoms with E-state index in [1.54, 1.807) is 66.7 Å². The molecule has 238 valence electrons. The smallest absolute Gasteiger partial charge is 0.272 e. The Hall–Kier alpha value is -5.30. The van der Waals surface area contributed by atoms with Crippen molar-refractivity contribution in [2.24, 2.45) is 0 Å². The molecule has 0 radical (unpaired) electrons. The third kappa shape index (κ3) is 8.24. The number of halogens is 4. The summed E-state index contributed by atoms with van der Waals surface area (Å²) >= 11 is 0.950. The topological polar surface area (TPSA) is 106 Å². The number of nitrogens with one attached hydrogen (secondary N) is 3. The van der Waals surface area contributed by atoms with Crippen LogP contribution in [0, 0.1) is 23.3 Å². The minimum absolute atomic E-state index is 0.0409. The van der Waals surface area contributed by atoms with Gasteiger partial charge in [0, 0.05) is 27.8 Å². The first-order chi connectivity index (χ1) is 22.0. The van der Waals surface area contributed by atoms with Crippen LogP contribution in [0.3, 0.4) is 0 Å². The molecule has 0 aliphatic carbocycles. The van der Waals surface area contributed by atoms with E-state index in [0.29, 0.717) is 27.5 Å². The average molecular weight is 654 g/mol. The van der Waals surface area contributed by atoms with Gasteiger partial charge in [0.15, 0.2) is 23.3 Å². The summed E-state index contributed by atoms with van der Waals surface area (Å²) in [4.78, 5) is 39.6.